The molecule has 0 spiro atoms. The number of hydrogen-bond acceptors (Lipinski definition) is 5. The number of alkyl halides is 2. The molecule has 2 fully saturated rings. The van der Waals surface area contributed by atoms with Crippen LogP contribution in [0.5, 0.6) is 11.5 Å². The lowest BCUT2D eigenvalue weighted by Gasteiger charge is -2.39. The van der Waals surface area contributed by atoms with Crippen molar-refractivity contribution in [2.45, 2.75) is 45.4 Å². The number of ether oxygens (including phenoxy) is 3. The van der Waals surface area contributed by atoms with Crippen LogP contribution in [0.15, 0.2) is 18.2 Å². The Morgan fingerprint density at radius 3 is 2.86 bits per heavy atom. The van der Waals surface area contributed by atoms with Crippen molar-refractivity contribution in [3.8, 4) is 11.5 Å². The minimum Gasteiger partial charge on any atom is -0.490 e. The van der Waals surface area contributed by atoms with E-state index < -0.39 is 6.61 Å². The Bertz CT molecular complexity index is 655. The van der Waals surface area contributed by atoms with Gasteiger partial charge in [0, 0.05) is 19.6 Å². The van der Waals surface area contributed by atoms with Crippen LogP contribution in [0.4, 0.5) is 8.78 Å². The van der Waals surface area contributed by atoms with E-state index in [1.165, 1.54) is 25.3 Å². The van der Waals surface area contributed by atoms with Crippen LogP contribution in [0.1, 0.15) is 31.7 Å². The molecule has 0 radical (unpaired) electrons. The molecule has 1 amide bonds. The highest BCUT2D eigenvalue weighted by Gasteiger charge is 2.32. The number of hydrogen-bond donors (Lipinski definition) is 1. The molecule has 3 rings (SSSR count). The molecule has 1 aliphatic carbocycles. The van der Waals surface area contributed by atoms with Gasteiger partial charge < -0.3 is 19.5 Å². The van der Waals surface area contributed by atoms with Crippen LogP contribution < -0.4 is 14.8 Å². The Balaban J connectivity index is 1.58. The van der Waals surface area contributed by atoms with Gasteiger partial charge in [0.1, 0.15) is 6.04 Å². The third-order valence-electron chi connectivity index (χ3n) is 5.25. The molecule has 1 N–H and O–H groups in total. The maximum Gasteiger partial charge on any atom is 0.387 e. The zero-order valence-electron chi connectivity index (χ0n) is 16.2. The van der Waals surface area contributed by atoms with Crippen molar-refractivity contribution in [3.63, 3.8) is 0 Å². The van der Waals surface area contributed by atoms with E-state index in [-0.39, 0.29) is 30.0 Å². The summed E-state index contributed by atoms with van der Waals surface area (Å²) in [7, 11) is 0. The van der Waals surface area contributed by atoms with Crippen molar-refractivity contribution in [3.05, 3.63) is 23.8 Å². The van der Waals surface area contributed by atoms with Gasteiger partial charge in [-0.2, -0.15) is 8.78 Å². The lowest BCUT2D eigenvalue weighted by atomic mass is 9.84. The largest absolute Gasteiger partial charge is 0.490 e. The SMILES string of the molecule is CCOc1cc(CNC(=O)C2COCCN2CC2CCC2)ccc1OC(F)F. The minimum absolute atomic E-state index is 0.0146. The first-order valence-corrected chi connectivity index (χ1v) is 9.87. The fourth-order valence-corrected chi connectivity index (χ4v) is 3.54. The average molecular weight is 398 g/mol. The number of nitrogens with zero attached hydrogens (tertiary/aromatic N) is 1. The summed E-state index contributed by atoms with van der Waals surface area (Å²) >= 11 is 0. The normalized spacial score (nSPS) is 20.6. The smallest absolute Gasteiger partial charge is 0.387 e. The average Bonchev–Trinajstić information content (AvgIpc) is 2.64. The summed E-state index contributed by atoms with van der Waals surface area (Å²) < 4.78 is 40.4. The first-order chi connectivity index (χ1) is 13.6. The summed E-state index contributed by atoms with van der Waals surface area (Å²) in [5.74, 6) is 0.829. The van der Waals surface area contributed by atoms with Crippen molar-refractivity contribution in [2.24, 2.45) is 5.92 Å². The second kappa shape index (κ2) is 10.0. The van der Waals surface area contributed by atoms with Crippen molar-refractivity contribution in [1.82, 2.24) is 10.2 Å². The molecule has 0 bridgehead atoms. The Kier molecular flexibility index (Phi) is 7.44. The summed E-state index contributed by atoms with van der Waals surface area (Å²) in [5.41, 5.74) is 0.751. The van der Waals surface area contributed by atoms with Crippen LogP contribution in [-0.2, 0) is 16.1 Å². The molecule has 1 unspecified atom stereocenters. The van der Waals surface area contributed by atoms with E-state index in [0.717, 1.165) is 18.7 Å². The molecule has 0 aromatic heterocycles. The van der Waals surface area contributed by atoms with Gasteiger partial charge in [0.25, 0.3) is 0 Å². The van der Waals surface area contributed by atoms with E-state index in [4.69, 9.17) is 9.47 Å². The van der Waals surface area contributed by atoms with Gasteiger partial charge in [-0.15, -0.1) is 0 Å². The molecule has 1 saturated carbocycles. The van der Waals surface area contributed by atoms with E-state index in [9.17, 15) is 13.6 Å². The molecule has 1 heterocycles. The van der Waals surface area contributed by atoms with Crippen LogP contribution >= 0.6 is 0 Å². The summed E-state index contributed by atoms with van der Waals surface area (Å²) in [6.45, 7) is 2.20. The molecule has 1 atom stereocenters. The van der Waals surface area contributed by atoms with Gasteiger partial charge in [-0.3, -0.25) is 9.69 Å². The third-order valence-corrected chi connectivity index (χ3v) is 5.25. The fourth-order valence-electron chi connectivity index (χ4n) is 3.54. The van der Waals surface area contributed by atoms with Crippen LogP contribution in [0.3, 0.4) is 0 Å². The van der Waals surface area contributed by atoms with Crippen LogP contribution in [0, 0.1) is 5.92 Å². The minimum atomic E-state index is -2.92. The van der Waals surface area contributed by atoms with Gasteiger partial charge in [0.2, 0.25) is 5.91 Å². The number of halogens is 2. The molecule has 28 heavy (non-hydrogen) atoms. The van der Waals surface area contributed by atoms with Crippen molar-refractivity contribution >= 4 is 5.91 Å². The first-order valence-electron chi connectivity index (χ1n) is 9.87. The second-order valence-corrected chi connectivity index (χ2v) is 7.19. The molecular formula is C20H28F2N2O4. The number of carbonyl (C=O) groups is 1. The maximum absolute atomic E-state index is 12.7. The molecular weight excluding hydrogens is 370 g/mol. The monoisotopic (exact) mass is 398 g/mol. The van der Waals surface area contributed by atoms with Gasteiger partial charge in [-0.25, -0.2) is 0 Å². The molecule has 8 heteroatoms. The number of benzene rings is 1. The second-order valence-electron chi connectivity index (χ2n) is 7.19. The van der Waals surface area contributed by atoms with Gasteiger partial charge in [0.15, 0.2) is 11.5 Å². The predicted molar refractivity (Wildman–Crippen MR) is 99.6 cm³/mol. The van der Waals surface area contributed by atoms with E-state index in [0.29, 0.717) is 25.7 Å². The lowest BCUT2D eigenvalue weighted by molar-refractivity contribution is -0.133. The zero-order chi connectivity index (χ0) is 19.9. The number of morpholine rings is 1. The Labute approximate surface area is 164 Å². The highest BCUT2D eigenvalue weighted by Crippen LogP contribution is 2.30. The summed E-state index contributed by atoms with van der Waals surface area (Å²) in [6.07, 6.45) is 3.75. The Morgan fingerprint density at radius 1 is 1.36 bits per heavy atom. The van der Waals surface area contributed by atoms with Gasteiger partial charge in [0.05, 0.1) is 19.8 Å². The van der Waals surface area contributed by atoms with Crippen molar-refractivity contribution < 1.29 is 27.8 Å². The predicted octanol–water partition coefficient (Wildman–Crippen LogP) is 2.80. The molecule has 156 valence electrons. The lowest BCUT2D eigenvalue weighted by Crippen LogP contribution is -2.55. The van der Waals surface area contributed by atoms with Crippen LogP contribution in [0.2, 0.25) is 0 Å². The van der Waals surface area contributed by atoms with Crippen molar-refractivity contribution in [1.29, 1.82) is 0 Å². The number of amides is 1. The quantitative estimate of drug-likeness (QED) is 0.693. The van der Waals surface area contributed by atoms with E-state index >= 15 is 0 Å². The van der Waals surface area contributed by atoms with Crippen LogP contribution in [0.25, 0.3) is 0 Å². The fraction of sp³-hybridized carbons (Fsp3) is 0.650. The van der Waals surface area contributed by atoms with Crippen molar-refractivity contribution in [2.75, 3.05) is 32.9 Å². The summed E-state index contributed by atoms with van der Waals surface area (Å²) in [4.78, 5) is 14.9. The molecule has 2 aliphatic rings. The molecule has 6 nitrogen and oxygen atoms in total. The Morgan fingerprint density at radius 2 is 2.18 bits per heavy atom. The maximum atomic E-state index is 12.7. The van der Waals surface area contributed by atoms with Gasteiger partial charge in [-0.1, -0.05) is 12.5 Å². The standard InChI is InChI=1S/C20H28F2N2O4/c1-2-27-18-10-15(6-7-17(18)28-20(21)22)11-23-19(25)16-13-26-9-8-24(16)12-14-4-3-5-14/h6-7,10,14,16,20H,2-5,8-9,11-13H2,1H3,(H,23,25). The topological polar surface area (TPSA) is 60.0 Å². The van der Waals surface area contributed by atoms with Gasteiger partial charge >= 0.3 is 6.61 Å². The number of rotatable bonds is 9. The zero-order valence-corrected chi connectivity index (χ0v) is 16.2. The summed E-state index contributed by atoms with van der Waals surface area (Å²) in [5, 5.41) is 2.93. The van der Waals surface area contributed by atoms with Crippen LogP contribution in [-0.4, -0.2) is 56.4 Å². The molecule has 1 aromatic rings. The first kappa shape index (κ1) is 20.8. The molecule has 1 saturated heterocycles. The Hall–Kier alpha value is -1.93. The molecule has 1 aromatic carbocycles. The summed E-state index contributed by atoms with van der Waals surface area (Å²) in [6, 6.07) is 4.41. The van der Waals surface area contributed by atoms with Gasteiger partial charge in [-0.05, 0) is 43.4 Å². The van der Waals surface area contributed by atoms with E-state index in [2.05, 4.69) is 15.0 Å². The van der Waals surface area contributed by atoms with E-state index in [1.807, 2.05) is 0 Å². The highest BCUT2D eigenvalue weighted by atomic mass is 19.3. The van der Waals surface area contributed by atoms with E-state index in [1.54, 1.807) is 19.1 Å². The third kappa shape index (κ3) is 5.54. The number of carbonyl (C=O) groups excluding carboxylic acids is 1. The number of nitrogens with one attached hydrogen (secondary N) is 1. The highest BCUT2D eigenvalue weighted by molar-refractivity contribution is 5.82. The molecule has 1 aliphatic heterocycles.